The summed E-state index contributed by atoms with van der Waals surface area (Å²) >= 11 is 5.13. The van der Waals surface area contributed by atoms with Gasteiger partial charge in [-0.05, 0) is 0 Å². The Kier molecular flexibility index (Phi) is 1.83. The van der Waals surface area contributed by atoms with E-state index in [9.17, 15) is 9.59 Å². The molecule has 0 unspecified atom stereocenters. The van der Waals surface area contributed by atoms with Crippen molar-refractivity contribution in [3.63, 3.8) is 0 Å². The number of amides is 1. The van der Waals surface area contributed by atoms with Crippen LogP contribution in [0.3, 0.4) is 0 Å². The van der Waals surface area contributed by atoms with Gasteiger partial charge in [-0.2, -0.15) is 0 Å². The SMILES string of the molecule is CN(C)C(=O)C12CC(OC(=O)Cl)(C1)C2. The first-order chi connectivity index (χ1) is 6.39. The van der Waals surface area contributed by atoms with E-state index in [1.165, 1.54) is 0 Å². The van der Waals surface area contributed by atoms with Gasteiger partial charge in [-0.1, -0.05) is 0 Å². The smallest absolute Gasteiger partial charge is 0.404 e. The molecule has 0 saturated heterocycles. The molecule has 1 amide bonds. The Labute approximate surface area is 87.1 Å². The molecule has 4 nitrogen and oxygen atoms in total. The normalized spacial score (nSPS) is 37.9. The Bertz CT molecular complexity index is 293. The Balaban J connectivity index is 1.94. The maximum Gasteiger partial charge on any atom is 0.404 e. The lowest BCUT2D eigenvalue weighted by atomic mass is 9.40. The first-order valence-electron chi connectivity index (χ1n) is 4.49. The van der Waals surface area contributed by atoms with Crippen LogP contribution < -0.4 is 0 Å². The Morgan fingerprint density at radius 2 is 1.79 bits per heavy atom. The zero-order valence-electron chi connectivity index (χ0n) is 8.17. The maximum absolute atomic E-state index is 11.7. The van der Waals surface area contributed by atoms with Crippen molar-refractivity contribution in [2.75, 3.05) is 14.1 Å². The fourth-order valence-electron chi connectivity index (χ4n) is 2.67. The molecule has 78 valence electrons. The van der Waals surface area contributed by atoms with Gasteiger partial charge in [0.1, 0.15) is 5.60 Å². The maximum atomic E-state index is 11.7. The minimum Gasteiger partial charge on any atom is -0.447 e. The van der Waals surface area contributed by atoms with Gasteiger partial charge >= 0.3 is 5.43 Å². The molecule has 0 atom stereocenters. The third-order valence-electron chi connectivity index (χ3n) is 3.14. The van der Waals surface area contributed by atoms with Gasteiger partial charge in [-0.25, -0.2) is 4.79 Å². The topological polar surface area (TPSA) is 46.6 Å². The molecule has 3 saturated carbocycles. The summed E-state index contributed by atoms with van der Waals surface area (Å²) in [6, 6.07) is 0. The fourth-order valence-corrected chi connectivity index (χ4v) is 2.84. The molecule has 3 rings (SSSR count). The summed E-state index contributed by atoms with van der Waals surface area (Å²) in [4.78, 5) is 23.8. The summed E-state index contributed by atoms with van der Waals surface area (Å²) in [7, 11) is 3.48. The predicted molar refractivity (Wildman–Crippen MR) is 50.0 cm³/mol. The Hall–Kier alpha value is -0.770. The summed E-state index contributed by atoms with van der Waals surface area (Å²) in [5, 5.41) is 0. The van der Waals surface area contributed by atoms with Crippen LogP contribution in [0.15, 0.2) is 0 Å². The van der Waals surface area contributed by atoms with Crippen molar-refractivity contribution >= 4 is 22.9 Å². The van der Waals surface area contributed by atoms with Crippen molar-refractivity contribution in [1.82, 2.24) is 4.90 Å². The van der Waals surface area contributed by atoms with E-state index in [0.29, 0.717) is 19.3 Å². The molecule has 0 heterocycles. The number of ether oxygens (including phenoxy) is 1. The molecule has 0 aromatic rings. The standard InChI is InChI=1S/C9H12ClNO3/c1-11(2)6(12)8-3-9(4-8,5-8)14-7(10)13/h3-5H2,1-2H3. The highest BCUT2D eigenvalue weighted by molar-refractivity contribution is 6.61. The summed E-state index contributed by atoms with van der Waals surface area (Å²) in [5.74, 6) is 0.130. The average Bonchev–Trinajstić information content (AvgIpc) is 1.91. The number of carbonyl (C=O) groups is 2. The molecular weight excluding hydrogens is 206 g/mol. The summed E-state index contributed by atoms with van der Waals surface area (Å²) in [6.45, 7) is 0. The number of carbonyl (C=O) groups excluding carboxylic acids is 2. The zero-order valence-corrected chi connectivity index (χ0v) is 8.93. The molecule has 0 aromatic carbocycles. The second-order valence-electron chi connectivity index (χ2n) is 4.53. The lowest BCUT2D eigenvalue weighted by molar-refractivity contribution is -0.249. The molecule has 2 bridgehead atoms. The fraction of sp³-hybridized carbons (Fsp3) is 0.778. The lowest BCUT2D eigenvalue weighted by Gasteiger charge is -2.67. The van der Waals surface area contributed by atoms with Crippen LogP contribution >= 0.6 is 11.6 Å². The average molecular weight is 218 g/mol. The van der Waals surface area contributed by atoms with Gasteiger partial charge in [0.15, 0.2) is 0 Å². The molecule has 0 spiro atoms. The van der Waals surface area contributed by atoms with E-state index in [4.69, 9.17) is 16.3 Å². The first-order valence-corrected chi connectivity index (χ1v) is 4.87. The van der Waals surface area contributed by atoms with Gasteiger partial charge in [0.05, 0.1) is 5.41 Å². The summed E-state index contributed by atoms with van der Waals surface area (Å²) in [5.41, 5.74) is -1.43. The number of halogens is 1. The molecule has 0 N–H and O–H groups in total. The number of hydrogen-bond donors (Lipinski definition) is 0. The van der Waals surface area contributed by atoms with Crippen LogP contribution in [-0.2, 0) is 9.53 Å². The first kappa shape index (κ1) is 9.77. The van der Waals surface area contributed by atoms with E-state index in [0.717, 1.165) is 0 Å². The van der Waals surface area contributed by atoms with Crippen molar-refractivity contribution in [2.45, 2.75) is 24.9 Å². The van der Waals surface area contributed by atoms with Crippen LogP contribution in [-0.4, -0.2) is 35.9 Å². The molecule has 0 radical (unpaired) electrons. The highest BCUT2D eigenvalue weighted by Gasteiger charge is 2.74. The highest BCUT2D eigenvalue weighted by atomic mass is 35.5. The van der Waals surface area contributed by atoms with Crippen molar-refractivity contribution in [3.05, 3.63) is 0 Å². The van der Waals surface area contributed by atoms with E-state index in [-0.39, 0.29) is 11.3 Å². The largest absolute Gasteiger partial charge is 0.447 e. The van der Waals surface area contributed by atoms with Crippen LogP contribution in [0.25, 0.3) is 0 Å². The molecule has 5 heteroatoms. The van der Waals surface area contributed by atoms with Crippen molar-refractivity contribution in [3.8, 4) is 0 Å². The number of hydrogen-bond acceptors (Lipinski definition) is 3. The Morgan fingerprint density at radius 1 is 1.29 bits per heavy atom. The number of rotatable bonds is 2. The van der Waals surface area contributed by atoms with Crippen LogP contribution in [0, 0.1) is 5.41 Å². The van der Waals surface area contributed by atoms with Crippen LogP contribution in [0.1, 0.15) is 19.3 Å². The zero-order chi connectivity index (χ0) is 10.6. The van der Waals surface area contributed by atoms with Crippen molar-refractivity contribution in [1.29, 1.82) is 0 Å². The van der Waals surface area contributed by atoms with Crippen LogP contribution in [0.4, 0.5) is 4.79 Å². The second kappa shape index (κ2) is 2.63. The van der Waals surface area contributed by atoms with E-state index in [1.54, 1.807) is 19.0 Å². The van der Waals surface area contributed by atoms with E-state index >= 15 is 0 Å². The van der Waals surface area contributed by atoms with Gasteiger partial charge in [-0.3, -0.25) is 4.79 Å². The minimum absolute atomic E-state index is 0.130. The van der Waals surface area contributed by atoms with Crippen LogP contribution in [0.5, 0.6) is 0 Å². The Morgan fingerprint density at radius 3 is 2.14 bits per heavy atom. The van der Waals surface area contributed by atoms with E-state index < -0.39 is 11.0 Å². The molecule has 0 aromatic heterocycles. The second-order valence-corrected chi connectivity index (χ2v) is 4.84. The predicted octanol–water partition coefficient (Wildman–Crippen LogP) is 1.37. The molecule has 3 fully saturated rings. The quantitative estimate of drug-likeness (QED) is 0.657. The third-order valence-corrected chi connectivity index (χ3v) is 3.22. The van der Waals surface area contributed by atoms with E-state index in [1.807, 2.05) is 0 Å². The summed E-state index contributed by atoms with van der Waals surface area (Å²) < 4.78 is 4.95. The molecule has 3 aliphatic rings. The van der Waals surface area contributed by atoms with Gasteiger partial charge in [0.2, 0.25) is 5.91 Å². The highest BCUT2D eigenvalue weighted by Crippen LogP contribution is 2.69. The van der Waals surface area contributed by atoms with E-state index in [2.05, 4.69) is 0 Å². The summed E-state index contributed by atoms with van der Waals surface area (Å²) in [6.07, 6.45) is 1.90. The van der Waals surface area contributed by atoms with Gasteiger partial charge in [-0.15, -0.1) is 0 Å². The van der Waals surface area contributed by atoms with Gasteiger partial charge in [0, 0.05) is 45.0 Å². The van der Waals surface area contributed by atoms with Gasteiger partial charge < -0.3 is 9.64 Å². The molecular formula is C9H12ClNO3. The lowest BCUT2D eigenvalue weighted by Crippen LogP contribution is -2.73. The molecule has 0 aliphatic heterocycles. The minimum atomic E-state index is -0.768. The molecule has 14 heavy (non-hydrogen) atoms. The third kappa shape index (κ3) is 1.13. The monoisotopic (exact) mass is 217 g/mol. The van der Waals surface area contributed by atoms with Crippen molar-refractivity contribution < 1.29 is 14.3 Å². The van der Waals surface area contributed by atoms with Crippen molar-refractivity contribution in [2.24, 2.45) is 5.41 Å². The van der Waals surface area contributed by atoms with Crippen LogP contribution in [0.2, 0.25) is 0 Å². The van der Waals surface area contributed by atoms with Gasteiger partial charge in [0.25, 0.3) is 0 Å². The molecule has 3 aliphatic carbocycles. The number of nitrogens with zero attached hydrogens (tertiary/aromatic N) is 1.